The average Bonchev–Trinajstić information content (AvgIpc) is 2.27. The lowest BCUT2D eigenvalue weighted by Gasteiger charge is -2.03. The Morgan fingerprint density at radius 1 is 1.38 bits per heavy atom. The molecule has 0 radical (unpaired) electrons. The predicted octanol–water partition coefficient (Wildman–Crippen LogP) is 2.35. The lowest BCUT2D eigenvalue weighted by atomic mass is 10.4. The maximum Gasteiger partial charge on any atom is 0.404 e. The number of hydrogen-bond acceptors (Lipinski definition) is 4. The molecule has 0 aliphatic heterocycles. The van der Waals surface area contributed by atoms with Crippen LogP contribution in [0.2, 0.25) is 0 Å². The number of nitrogens with one attached hydrogen (secondary N) is 1. The Balaban J connectivity index is 0. The average molecular weight is 250 g/mol. The number of ether oxygens (including phenoxy) is 1. The van der Waals surface area contributed by atoms with Crippen LogP contribution in [0.4, 0.5) is 9.59 Å². The van der Waals surface area contributed by atoms with Gasteiger partial charge in [0.15, 0.2) is 0 Å². The Bertz CT molecular complexity index is 189. The fourth-order valence-corrected chi connectivity index (χ4v) is 1.49. The zero-order chi connectivity index (χ0) is 12.8. The number of amides is 2. The minimum atomic E-state index is -0.821. The van der Waals surface area contributed by atoms with Crippen LogP contribution in [0.1, 0.15) is 33.6 Å². The lowest BCUT2D eigenvalue weighted by molar-refractivity contribution is 0.158. The van der Waals surface area contributed by atoms with Gasteiger partial charge in [-0.1, -0.05) is 39.0 Å². The quantitative estimate of drug-likeness (QED) is 0.709. The van der Waals surface area contributed by atoms with E-state index in [-0.39, 0.29) is 11.8 Å². The number of primary amides is 1. The maximum atomic E-state index is 11.0. The summed E-state index contributed by atoms with van der Waals surface area (Å²) in [4.78, 5) is 21.2. The van der Waals surface area contributed by atoms with Crippen molar-refractivity contribution in [3.63, 3.8) is 0 Å². The topological polar surface area (TPSA) is 81.4 Å². The molecule has 0 rings (SSSR count). The Morgan fingerprint density at radius 2 is 2.00 bits per heavy atom. The van der Waals surface area contributed by atoms with Crippen LogP contribution in [0.15, 0.2) is 0 Å². The van der Waals surface area contributed by atoms with Crippen molar-refractivity contribution < 1.29 is 14.3 Å². The Hall–Kier alpha value is -0.910. The molecular formula is C10H22N2O3S. The molecule has 0 atom stereocenters. The van der Waals surface area contributed by atoms with Crippen molar-refractivity contribution in [2.45, 2.75) is 33.6 Å². The van der Waals surface area contributed by atoms with Crippen LogP contribution < -0.4 is 11.1 Å². The first-order valence-electron chi connectivity index (χ1n) is 5.49. The standard InChI is InChI=1S/C8H16N2O3S.C2H6/c1-2-3-6-14-8(12)10-4-5-13-7(9)11;1-2/h2-6H2,1H3,(H2,9,11)(H,10,12);1-2H3. The van der Waals surface area contributed by atoms with Crippen LogP contribution in [-0.4, -0.2) is 30.2 Å². The molecule has 0 heterocycles. The molecule has 2 amide bonds. The number of thioether (sulfide) groups is 1. The van der Waals surface area contributed by atoms with Crippen molar-refractivity contribution >= 4 is 23.1 Å². The van der Waals surface area contributed by atoms with Crippen molar-refractivity contribution in [2.24, 2.45) is 5.73 Å². The Morgan fingerprint density at radius 3 is 2.50 bits per heavy atom. The number of carbonyl (C=O) groups is 2. The van der Waals surface area contributed by atoms with Gasteiger partial charge in [0.25, 0.3) is 5.24 Å². The van der Waals surface area contributed by atoms with E-state index < -0.39 is 6.09 Å². The van der Waals surface area contributed by atoms with E-state index in [1.54, 1.807) is 0 Å². The number of unbranched alkanes of at least 4 members (excludes halogenated alkanes) is 1. The third-order valence-corrected chi connectivity index (χ3v) is 2.25. The molecule has 0 aliphatic carbocycles. The second-order valence-corrected chi connectivity index (χ2v) is 3.65. The van der Waals surface area contributed by atoms with Gasteiger partial charge in [-0.05, 0) is 6.42 Å². The van der Waals surface area contributed by atoms with E-state index in [1.807, 2.05) is 13.8 Å². The first-order valence-corrected chi connectivity index (χ1v) is 6.48. The predicted molar refractivity (Wildman–Crippen MR) is 67.6 cm³/mol. The van der Waals surface area contributed by atoms with Gasteiger partial charge in [0.1, 0.15) is 6.61 Å². The molecule has 0 spiro atoms. The normalized spacial score (nSPS) is 8.69. The molecule has 0 aromatic carbocycles. The number of nitrogens with two attached hydrogens (primary N) is 1. The lowest BCUT2D eigenvalue weighted by Crippen LogP contribution is -2.26. The third-order valence-electron chi connectivity index (χ3n) is 1.35. The Labute approximate surface area is 101 Å². The summed E-state index contributed by atoms with van der Waals surface area (Å²) in [5, 5.41) is 2.50. The van der Waals surface area contributed by atoms with Crippen molar-refractivity contribution in [3.8, 4) is 0 Å². The summed E-state index contributed by atoms with van der Waals surface area (Å²) in [6, 6.07) is 0. The molecule has 0 aromatic heterocycles. The van der Waals surface area contributed by atoms with Crippen LogP contribution in [0.5, 0.6) is 0 Å². The van der Waals surface area contributed by atoms with Crippen molar-refractivity contribution in [3.05, 3.63) is 0 Å². The second-order valence-electron chi connectivity index (χ2n) is 2.58. The van der Waals surface area contributed by atoms with Crippen molar-refractivity contribution in [1.29, 1.82) is 0 Å². The van der Waals surface area contributed by atoms with Gasteiger partial charge in [-0.3, -0.25) is 4.79 Å². The van der Waals surface area contributed by atoms with Crippen molar-refractivity contribution in [1.82, 2.24) is 5.32 Å². The molecule has 0 fully saturated rings. The molecule has 0 aromatic rings. The molecule has 0 bridgehead atoms. The molecule has 0 aliphatic rings. The summed E-state index contributed by atoms with van der Waals surface area (Å²) in [6.45, 7) is 6.50. The first kappa shape index (κ1) is 17.5. The van der Waals surface area contributed by atoms with Gasteiger partial charge < -0.3 is 15.8 Å². The molecule has 96 valence electrons. The monoisotopic (exact) mass is 250 g/mol. The van der Waals surface area contributed by atoms with E-state index in [1.165, 1.54) is 11.8 Å². The maximum absolute atomic E-state index is 11.0. The minimum Gasteiger partial charge on any atom is -0.448 e. The number of carbonyl (C=O) groups excluding carboxylic acids is 2. The SMILES string of the molecule is CC.CCCCSC(=O)NCCOC(N)=O. The smallest absolute Gasteiger partial charge is 0.404 e. The molecular weight excluding hydrogens is 228 g/mol. The van der Waals surface area contributed by atoms with Gasteiger partial charge in [0, 0.05) is 5.75 Å². The van der Waals surface area contributed by atoms with E-state index in [0.717, 1.165) is 18.6 Å². The highest BCUT2D eigenvalue weighted by Gasteiger charge is 2.00. The molecule has 0 saturated heterocycles. The van der Waals surface area contributed by atoms with Crippen LogP contribution >= 0.6 is 11.8 Å². The fourth-order valence-electron chi connectivity index (χ4n) is 0.665. The van der Waals surface area contributed by atoms with Crippen LogP contribution in [0.3, 0.4) is 0 Å². The summed E-state index contributed by atoms with van der Waals surface area (Å²) < 4.78 is 4.43. The van der Waals surface area contributed by atoms with Crippen LogP contribution in [-0.2, 0) is 4.74 Å². The van der Waals surface area contributed by atoms with Gasteiger partial charge >= 0.3 is 6.09 Å². The van der Waals surface area contributed by atoms with Crippen molar-refractivity contribution in [2.75, 3.05) is 18.9 Å². The van der Waals surface area contributed by atoms with E-state index in [4.69, 9.17) is 5.73 Å². The molecule has 0 saturated carbocycles. The number of rotatable bonds is 6. The molecule has 16 heavy (non-hydrogen) atoms. The van der Waals surface area contributed by atoms with Gasteiger partial charge in [-0.15, -0.1) is 0 Å². The first-order chi connectivity index (χ1) is 7.66. The molecule has 6 heteroatoms. The van der Waals surface area contributed by atoms with Gasteiger partial charge in [-0.25, -0.2) is 4.79 Å². The molecule has 3 N–H and O–H groups in total. The summed E-state index contributed by atoms with van der Waals surface area (Å²) in [7, 11) is 0. The van der Waals surface area contributed by atoms with Crippen LogP contribution in [0, 0.1) is 0 Å². The van der Waals surface area contributed by atoms with E-state index in [2.05, 4.69) is 17.0 Å². The summed E-state index contributed by atoms with van der Waals surface area (Å²) in [5.74, 6) is 0.818. The van der Waals surface area contributed by atoms with Gasteiger partial charge in [0.2, 0.25) is 0 Å². The van der Waals surface area contributed by atoms with E-state index in [9.17, 15) is 9.59 Å². The summed E-state index contributed by atoms with van der Waals surface area (Å²) in [5.41, 5.74) is 4.73. The summed E-state index contributed by atoms with van der Waals surface area (Å²) >= 11 is 1.24. The van der Waals surface area contributed by atoms with Crippen LogP contribution in [0.25, 0.3) is 0 Å². The molecule has 5 nitrogen and oxygen atoms in total. The summed E-state index contributed by atoms with van der Waals surface area (Å²) in [6.07, 6.45) is 1.28. The van der Waals surface area contributed by atoms with Gasteiger partial charge in [-0.2, -0.15) is 0 Å². The highest BCUT2D eigenvalue weighted by molar-refractivity contribution is 8.13. The minimum absolute atomic E-state index is 0.0912. The second kappa shape index (κ2) is 14.1. The van der Waals surface area contributed by atoms with Gasteiger partial charge in [0.05, 0.1) is 6.54 Å². The largest absolute Gasteiger partial charge is 0.448 e. The zero-order valence-corrected chi connectivity index (χ0v) is 11.1. The highest BCUT2D eigenvalue weighted by atomic mass is 32.2. The third kappa shape index (κ3) is 15.6. The Kier molecular flexibility index (Phi) is 15.4. The van der Waals surface area contributed by atoms with E-state index >= 15 is 0 Å². The molecule has 0 unspecified atom stereocenters. The van der Waals surface area contributed by atoms with E-state index in [0.29, 0.717) is 6.54 Å². The zero-order valence-electron chi connectivity index (χ0n) is 10.2. The number of hydrogen-bond donors (Lipinski definition) is 2. The fraction of sp³-hybridized carbons (Fsp3) is 0.800. The highest BCUT2D eigenvalue weighted by Crippen LogP contribution is 2.04.